The summed E-state index contributed by atoms with van der Waals surface area (Å²) < 4.78 is 5.42. The first-order valence-corrected chi connectivity index (χ1v) is 6.09. The van der Waals surface area contributed by atoms with Gasteiger partial charge in [0.15, 0.2) is 11.2 Å². The highest BCUT2D eigenvalue weighted by Gasteiger charge is 2.16. The van der Waals surface area contributed by atoms with Crippen LogP contribution in [0, 0.1) is 0 Å². The number of ether oxygens (including phenoxy) is 1. The lowest BCUT2D eigenvalue weighted by molar-refractivity contribution is -0.144. The fourth-order valence-corrected chi connectivity index (χ4v) is 2.27. The van der Waals surface area contributed by atoms with E-state index in [1.54, 1.807) is 0 Å². The fraction of sp³-hybridized carbons (Fsp3) is 0.154. The third kappa shape index (κ3) is 2.65. The summed E-state index contributed by atoms with van der Waals surface area (Å²) in [6.07, 6.45) is -0.837. The minimum Gasteiger partial charge on any atom is -0.479 e. The van der Waals surface area contributed by atoms with E-state index in [1.807, 2.05) is 41.8 Å². The molecule has 0 aliphatic heterocycles. The molecule has 0 amide bonds. The molecule has 1 aromatic heterocycles. The minimum absolute atomic E-state index is 0.645. The lowest BCUT2D eigenvalue weighted by Crippen LogP contribution is -2.22. The Balaban J connectivity index is 2.26. The van der Waals surface area contributed by atoms with E-state index in [1.165, 1.54) is 18.3 Å². The fourth-order valence-electron chi connectivity index (χ4n) is 1.43. The lowest BCUT2D eigenvalue weighted by Gasteiger charge is -2.10. The van der Waals surface area contributed by atoms with Gasteiger partial charge in [-0.2, -0.15) is 0 Å². The molecule has 0 radical (unpaired) electrons. The van der Waals surface area contributed by atoms with Crippen molar-refractivity contribution >= 4 is 17.3 Å². The van der Waals surface area contributed by atoms with Crippen LogP contribution in [0.2, 0.25) is 0 Å². The maximum absolute atomic E-state index is 10.8. The normalized spacial score (nSPS) is 12.1. The van der Waals surface area contributed by atoms with E-state index in [-0.39, 0.29) is 0 Å². The van der Waals surface area contributed by atoms with Gasteiger partial charge in [0.1, 0.15) is 0 Å². The van der Waals surface area contributed by atoms with E-state index in [2.05, 4.69) is 0 Å². The van der Waals surface area contributed by atoms with E-state index in [0.717, 1.165) is 11.1 Å². The van der Waals surface area contributed by atoms with Crippen LogP contribution in [-0.2, 0) is 4.79 Å². The number of thiophene rings is 1. The van der Waals surface area contributed by atoms with Crippen molar-refractivity contribution in [1.29, 1.82) is 0 Å². The van der Waals surface area contributed by atoms with E-state index < -0.39 is 12.1 Å². The monoisotopic (exact) mass is 248 g/mol. The summed E-state index contributed by atoms with van der Waals surface area (Å²) >= 11 is 1.40. The summed E-state index contributed by atoms with van der Waals surface area (Å²) in [5.74, 6) is -0.961. The Morgan fingerprint density at radius 3 is 2.65 bits per heavy atom. The van der Waals surface area contributed by atoms with Gasteiger partial charge in [0.05, 0.1) is 0 Å². The molecule has 0 bridgehead atoms. The Kier molecular flexibility index (Phi) is 3.44. The number of carboxylic acid groups (broad SMARTS) is 1. The molecule has 88 valence electrons. The molecule has 1 atom stereocenters. The van der Waals surface area contributed by atoms with Gasteiger partial charge in [0.25, 0.3) is 0 Å². The van der Waals surface area contributed by atoms with Gasteiger partial charge in [0, 0.05) is 5.56 Å². The van der Waals surface area contributed by atoms with Gasteiger partial charge in [-0.3, -0.25) is 0 Å². The average molecular weight is 248 g/mol. The molecular formula is C13H12O3S. The van der Waals surface area contributed by atoms with Crippen molar-refractivity contribution in [3.05, 3.63) is 41.8 Å². The second-order valence-electron chi connectivity index (χ2n) is 3.59. The standard InChI is InChI=1S/C13H12O3S/c1-9(12(14)15)16-13-11(7-8-17-13)10-5-3-2-4-6-10/h2-9H,1H3,(H,14,15). The molecule has 1 unspecified atom stereocenters. The average Bonchev–Trinajstić information content (AvgIpc) is 2.78. The summed E-state index contributed by atoms with van der Waals surface area (Å²) in [4.78, 5) is 10.8. The van der Waals surface area contributed by atoms with E-state index in [9.17, 15) is 4.79 Å². The van der Waals surface area contributed by atoms with Gasteiger partial charge >= 0.3 is 5.97 Å². The first-order chi connectivity index (χ1) is 8.18. The SMILES string of the molecule is CC(Oc1sccc1-c1ccccc1)C(=O)O. The molecule has 1 heterocycles. The van der Waals surface area contributed by atoms with Crippen LogP contribution in [0.3, 0.4) is 0 Å². The summed E-state index contributed by atoms with van der Waals surface area (Å²) in [7, 11) is 0. The number of aliphatic carboxylic acids is 1. The van der Waals surface area contributed by atoms with Crippen LogP contribution in [-0.4, -0.2) is 17.2 Å². The highest BCUT2D eigenvalue weighted by molar-refractivity contribution is 7.12. The number of carboxylic acids is 1. The van der Waals surface area contributed by atoms with Crippen LogP contribution < -0.4 is 4.74 Å². The molecule has 1 N–H and O–H groups in total. The van der Waals surface area contributed by atoms with Crippen molar-refractivity contribution in [1.82, 2.24) is 0 Å². The Bertz CT molecular complexity index is 504. The van der Waals surface area contributed by atoms with Gasteiger partial charge in [-0.1, -0.05) is 30.3 Å². The van der Waals surface area contributed by atoms with E-state index in [0.29, 0.717) is 5.06 Å². The summed E-state index contributed by atoms with van der Waals surface area (Å²) in [6, 6.07) is 11.7. The molecule has 3 nitrogen and oxygen atoms in total. The molecule has 0 aliphatic carbocycles. The predicted molar refractivity (Wildman–Crippen MR) is 67.5 cm³/mol. The van der Waals surface area contributed by atoms with Crippen LogP contribution in [0.1, 0.15) is 6.92 Å². The highest BCUT2D eigenvalue weighted by atomic mass is 32.1. The van der Waals surface area contributed by atoms with Gasteiger partial charge in [-0.25, -0.2) is 4.79 Å². The second-order valence-corrected chi connectivity index (χ2v) is 4.46. The molecule has 4 heteroatoms. The molecular weight excluding hydrogens is 236 g/mol. The van der Waals surface area contributed by atoms with Gasteiger partial charge < -0.3 is 9.84 Å². The maximum Gasteiger partial charge on any atom is 0.344 e. The molecule has 0 saturated heterocycles. The van der Waals surface area contributed by atoms with Crippen molar-refractivity contribution in [2.45, 2.75) is 13.0 Å². The zero-order chi connectivity index (χ0) is 12.3. The summed E-state index contributed by atoms with van der Waals surface area (Å²) in [5, 5.41) is 11.4. The van der Waals surface area contributed by atoms with Crippen molar-refractivity contribution in [3.8, 4) is 16.2 Å². The first kappa shape index (κ1) is 11.7. The Morgan fingerprint density at radius 1 is 1.29 bits per heavy atom. The number of hydrogen-bond donors (Lipinski definition) is 1. The zero-order valence-corrected chi connectivity index (χ0v) is 10.1. The summed E-state index contributed by atoms with van der Waals surface area (Å²) in [5.41, 5.74) is 1.96. The minimum atomic E-state index is -0.961. The second kappa shape index (κ2) is 5.01. The van der Waals surface area contributed by atoms with Crippen LogP contribution in [0.4, 0.5) is 0 Å². The first-order valence-electron chi connectivity index (χ1n) is 5.21. The highest BCUT2D eigenvalue weighted by Crippen LogP contribution is 2.35. The van der Waals surface area contributed by atoms with Gasteiger partial charge in [-0.05, 0) is 23.9 Å². The van der Waals surface area contributed by atoms with Crippen LogP contribution in [0.25, 0.3) is 11.1 Å². The Hall–Kier alpha value is -1.81. The van der Waals surface area contributed by atoms with Crippen molar-refractivity contribution in [2.24, 2.45) is 0 Å². The van der Waals surface area contributed by atoms with Crippen LogP contribution in [0.5, 0.6) is 5.06 Å². The molecule has 0 spiro atoms. The maximum atomic E-state index is 10.8. The molecule has 1 aromatic carbocycles. The van der Waals surface area contributed by atoms with Crippen molar-refractivity contribution < 1.29 is 14.6 Å². The molecule has 17 heavy (non-hydrogen) atoms. The third-order valence-corrected chi connectivity index (χ3v) is 3.15. The van der Waals surface area contributed by atoms with Gasteiger partial charge in [-0.15, -0.1) is 11.3 Å². The molecule has 0 fully saturated rings. The van der Waals surface area contributed by atoms with E-state index >= 15 is 0 Å². The number of hydrogen-bond acceptors (Lipinski definition) is 3. The largest absolute Gasteiger partial charge is 0.479 e. The Morgan fingerprint density at radius 2 is 2.00 bits per heavy atom. The predicted octanol–water partition coefficient (Wildman–Crippen LogP) is 3.27. The lowest BCUT2D eigenvalue weighted by atomic mass is 10.1. The molecule has 2 rings (SSSR count). The number of rotatable bonds is 4. The zero-order valence-electron chi connectivity index (χ0n) is 9.29. The smallest absolute Gasteiger partial charge is 0.344 e. The van der Waals surface area contributed by atoms with Crippen LogP contribution in [0.15, 0.2) is 41.8 Å². The molecule has 0 aliphatic rings. The molecule has 0 saturated carbocycles. The third-order valence-electron chi connectivity index (χ3n) is 2.35. The Labute approximate surface area is 103 Å². The summed E-state index contributed by atoms with van der Waals surface area (Å²) in [6.45, 7) is 1.52. The quantitative estimate of drug-likeness (QED) is 0.903. The number of carbonyl (C=O) groups is 1. The molecule has 2 aromatic rings. The van der Waals surface area contributed by atoms with E-state index in [4.69, 9.17) is 9.84 Å². The van der Waals surface area contributed by atoms with Crippen molar-refractivity contribution in [3.63, 3.8) is 0 Å². The van der Waals surface area contributed by atoms with Gasteiger partial charge in [0.2, 0.25) is 0 Å². The van der Waals surface area contributed by atoms with Crippen molar-refractivity contribution in [2.75, 3.05) is 0 Å². The number of benzene rings is 1. The topological polar surface area (TPSA) is 46.5 Å². The van der Waals surface area contributed by atoms with Crippen LogP contribution >= 0.6 is 11.3 Å².